The highest BCUT2D eigenvalue weighted by Crippen LogP contribution is 2.28. The van der Waals surface area contributed by atoms with Gasteiger partial charge in [0.05, 0.1) is 0 Å². The smallest absolute Gasteiger partial charge is 0.0441 e. The molecule has 1 heterocycles. The maximum absolute atomic E-state index is 6.51. The number of hydrogen-bond donors (Lipinski definition) is 0. The van der Waals surface area contributed by atoms with E-state index in [1.807, 2.05) is 0 Å². The van der Waals surface area contributed by atoms with E-state index in [-0.39, 0.29) is 5.41 Å². The quantitative estimate of drug-likeness (QED) is 0.729. The van der Waals surface area contributed by atoms with Crippen LogP contribution in [0.5, 0.6) is 0 Å². The highest BCUT2D eigenvalue weighted by molar-refractivity contribution is 6.31. The Morgan fingerprint density at radius 2 is 1.81 bits per heavy atom. The van der Waals surface area contributed by atoms with Crippen molar-refractivity contribution in [1.29, 1.82) is 0 Å². The summed E-state index contributed by atoms with van der Waals surface area (Å²) in [5.41, 5.74) is 2.79. The number of benzene rings is 1. The third-order valence-electron chi connectivity index (χ3n) is 4.51. The van der Waals surface area contributed by atoms with Crippen molar-refractivity contribution in [3.8, 4) is 0 Å². The van der Waals surface area contributed by atoms with Gasteiger partial charge in [0, 0.05) is 11.6 Å². The predicted octanol–water partition coefficient (Wildman–Crippen LogP) is 5.30. The second-order valence-electron chi connectivity index (χ2n) is 7.73. The van der Waals surface area contributed by atoms with Crippen LogP contribution in [0.25, 0.3) is 0 Å². The Kier molecular flexibility index (Phi) is 5.73. The highest BCUT2D eigenvalue weighted by Gasteiger charge is 2.17. The first kappa shape index (κ1) is 16.8. The first-order valence-corrected chi connectivity index (χ1v) is 8.75. The van der Waals surface area contributed by atoms with Crippen LogP contribution >= 0.6 is 11.6 Å². The molecule has 1 nitrogen and oxygen atoms in total. The fraction of sp³-hybridized carbons (Fsp3) is 0.684. The zero-order chi connectivity index (χ0) is 15.5. The molecule has 21 heavy (non-hydrogen) atoms. The number of rotatable bonds is 4. The molecule has 0 radical (unpaired) electrons. The molecule has 2 heteroatoms. The minimum absolute atomic E-state index is 0.168. The van der Waals surface area contributed by atoms with Crippen molar-refractivity contribution in [1.82, 2.24) is 4.90 Å². The molecule has 1 atom stereocenters. The molecule has 1 unspecified atom stereocenters. The van der Waals surface area contributed by atoms with Gasteiger partial charge in [0.25, 0.3) is 0 Å². The summed E-state index contributed by atoms with van der Waals surface area (Å²) in [7, 11) is 0. The SMILES string of the molecule is CC(Cc1ccc(C(C)(C)C)cc1Cl)CN1CCCCC1. The maximum atomic E-state index is 6.51. The lowest BCUT2D eigenvalue weighted by atomic mass is 9.86. The molecule has 0 spiro atoms. The minimum Gasteiger partial charge on any atom is -0.303 e. The van der Waals surface area contributed by atoms with Gasteiger partial charge in [-0.3, -0.25) is 0 Å². The Bertz CT molecular complexity index is 455. The first-order valence-electron chi connectivity index (χ1n) is 8.37. The van der Waals surface area contributed by atoms with E-state index in [0.717, 1.165) is 11.4 Å². The summed E-state index contributed by atoms with van der Waals surface area (Å²) in [4.78, 5) is 2.62. The Hall–Kier alpha value is -0.530. The fourth-order valence-corrected chi connectivity index (χ4v) is 3.46. The van der Waals surface area contributed by atoms with Gasteiger partial charge in [-0.15, -0.1) is 0 Å². The van der Waals surface area contributed by atoms with Crippen LogP contribution < -0.4 is 0 Å². The van der Waals surface area contributed by atoms with Gasteiger partial charge in [0.15, 0.2) is 0 Å². The van der Waals surface area contributed by atoms with Gasteiger partial charge in [0.2, 0.25) is 0 Å². The summed E-state index contributed by atoms with van der Waals surface area (Å²) in [6.45, 7) is 12.8. The molecular formula is C19H30ClN. The summed E-state index contributed by atoms with van der Waals surface area (Å²) in [5, 5.41) is 0.938. The number of likely N-dealkylation sites (tertiary alicyclic amines) is 1. The van der Waals surface area contributed by atoms with Crippen molar-refractivity contribution in [2.24, 2.45) is 5.92 Å². The van der Waals surface area contributed by atoms with Gasteiger partial charge in [-0.25, -0.2) is 0 Å². The number of halogens is 1. The zero-order valence-corrected chi connectivity index (χ0v) is 14.8. The minimum atomic E-state index is 0.168. The Balaban J connectivity index is 1.95. The maximum Gasteiger partial charge on any atom is 0.0441 e. The molecule has 0 bridgehead atoms. The molecule has 0 aromatic heterocycles. The molecule has 1 aromatic rings. The van der Waals surface area contributed by atoms with Gasteiger partial charge in [-0.05, 0) is 60.9 Å². The number of hydrogen-bond acceptors (Lipinski definition) is 1. The van der Waals surface area contributed by atoms with Crippen LogP contribution in [0.15, 0.2) is 18.2 Å². The average molecular weight is 308 g/mol. The molecule has 1 aliphatic rings. The molecule has 0 aliphatic carbocycles. The van der Waals surface area contributed by atoms with Crippen LogP contribution in [-0.4, -0.2) is 24.5 Å². The first-order chi connectivity index (χ1) is 9.86. The zero-order valence-electron chi connectivity index (χ0n) is 14.1. The van der Waals surface area contributed by atoms with Gasteiger partial charge >= 0.3 is 0 Å². The van der Waals surface area contributed by atoms with Gasteiger partial charge in [-0.1, -0.05) is 57.8 Å². The lowest BCUT2D eigenvalue weighted by Crippen LogP contribution is -2.34. The van der Waals surface area contributed by atoms with E-state index < -0.39 is 0 Å². The van der Waals surface area contributed by atoms with E-state index in [9.17, 15) is 0 Å². The van der Waals surface area contributed by atoms with Crippen LogP contribution in [0, 0.1) is 5.92 Å². The Morgan fingerprint density at radius 1 is 1.14 bits per heavy atom. The monoisotopic (exact) mass is 307 g/mol. The molecule has 2 rings (SSSR count). The van der Waals surface area contributed by atoms with E-state index in [1.54, 1.807) is 0 Å². The second kappa shape index (κ2) is 7.15. The van der Waals surface area contributed by atoms with Crippen molar-refractivity contribution in [3.63, 3.8) is 0 Å². The third-order valence-corrected chi connectivity index (χ3v) is 4.86. The van der Waals surface area contributed by atoms with Crippen molar-refractivity contribution < 1.29 is 0 Å². The van der Waals surface area contributed by atoms with Gasteiger partial charge < -0.3 is 4.90 Å². The summed E-state index contributed by atoms with van der Waals surface area (Å²) < 4.78 is 0. The van der Waals surface area contributed by atoms with Gasteiger partial charge in [0.1, 0.15) is 0 Å². The molecule has 0 N–H and O–H groups in total. The summed E-state index contributed by atoms with van der Waals surface area (Å²) in [6.07, 6.45) is 5.23. The highest BCUT2D eigenvalue weighted by atomic mass is 35.5. The molecule has 1 aromatic carbocycles. The molecule has 118 valence electrons. The van der Waals surface area contributed by atoms with Crippen LogP contribution in [0.4, 0.5) is 0 Å². The van der Waals surface area contributed by atoms with Crippen LogP contribution in [0.3, 0.4) is 0 Å². The van der Waals surface area contributed by atoms with E-state index in [4.69, 9.17) is 11.6 Å². The van der Waals surface area contributed by atoms with Crippen molar-refractivity contribution in [3.05, 3.63) is 34.3 Å². The molecule has 0 amide bonds. The summed E-state index contributed by atoms with van der Waals surface area (Å²) in [5.74, 6) is 0.668. The van der Waals surface area contributed by atoms with E-state index >= 15 is 0 Å². The van der Waals surface area contributed by atoms with Crippen molar-refractivity contribution >= 4 is 11.6 Å². The average Bonchev–Trinajstić information content (AvgIpc) is 2.41. The van der Waals surface area contributed by atoms with Crippen molar-refractivity contribution in [2.45, 2.75) is 58.8 Å². The van der Waals surface area contributed by atoms with E-state index in [2.05, 4.69) is 50.8 Å². The lowest BCUT2D eigenvalue weighted by Gasteiger charge is -2.29. The molecule has 0 saturated carbocycles. The second-order valence-corrected chi connectivity index (χ2v) is 8.13. The summed E-state index contributed by atoms with van der Waals surface area (Å²) >= 11 is 6.51. The Labute approximate surface area is 135 Å². The van der Waals surface area contributed by atoms with Crippen LogP contribution in [0.2, 0.25) is 5.02 Å². The summed E-state index contributed by atoms with van der Waals surface area (Å²) in [6, 6.07) is 6.63. The topological polar surface area (TPSA) is 3.24 Å². The number of nitrogens with zero attached hydrogens (tertiary/aromatic N) is 1. The predicted molar refractivity (Wildman–Crippen MR) is 93.3 cm³/mol. The molecule has 1 fully saturated rings. The molecular weight excluding hydrogens is 278 g/mol. The van der Waals surface area contributed by atoms with Crippen LogP contribution in [0.1, 0.15) is 58.1 Å². The lowest BCUT2D eigenvalue weighted by molar-refractivity contribution is 0.200. The normalized spacial score (nSPS) is 18.7. The van der Waals surface area contributed by atoms with E-state index in [1.165, 1.54) is 50.0 Å². The Morgan fingerprint density at radius 3 is 2.38 bits per heavy atom. The van der Waals surface area contributed by atoms with Gasteiger partial charge in [-0.2, -0.15) is 0 Å². The van der Waals surface area contributed by atoms with E-state index in [0.29, 0.717) is 5.92 Å². The molecule has 1 saturated heterocycles. The molecule has 1 aliphatic heterocycles. The standard InChI is InChI=1S/C19H30ClN/c1-15(14-21-10-6-5-7-11-21)12-16-8-9-17(13-18(16)20)19(2,3)4/h8-9,13,15H,5-7,10-12,14H2,1-4H3. The fourth-order valence-electron chi connectivity index (χ4n) is 3.20. The third kappa shape index (κ3) is 5.00. The van der Waals surface area contributed by atoms with Crippen LogP contribution in [-0.2, 0) is 11.8 Å². The number of piperidine rings is 1. The van der Waals surface area contributed by atoms with Crippen molar-refractivity contribution in [2.75, 3.05) is 19.6 Å². The largest absolute Gasteiger partial charge is 0.303 e.